The Morgan fingerprint density at radius 1 is 1.00 bits per heavy atom. The van der Waals surface area contributed by atoms with Gasteiger partial charge in [-0.15, -0.1) is 10.2 Å². The van der Waals surface area contributed by atoms with E-state index in [4.69, 9.17) is 0 Å². The number of aromatic amines is 1. The quantitative estimate of drug-likeness (QED) is 0.200. The van der Waals surface area contributed by atoms with Crippen LogP contribution in [0.25, 0.3) is 22.2 Å². The average Bonchev–Trinajstić information content (AvgIpc) is 3.64. The van der Waals surface area contributed by atoms with Gasteiger partial charge in [-0.1, -0.05) is 44.6 Å². The van der Waals surface area contributed by atoms with Gasteiger partial charge in [-0.2, -0.15) is 0 Å². The van der Waals surface area contributed by atoms with Crippen LogP contribution in [0.4, 0.5) is 21.4 Å². The van der Waals surface area contributed by atoms with E-state index in [0.717, 1.165) is 49.7 Å². The van der Waals surface area contributed by atoms with Crippen molar-refractivity contribution in [2.24, 2.45) is 0 Å². The van der Waals surface area contributed by atoms with Gasteiger partial charge in [-0.25, -0.2) is 28.7 Å². The predicted molar refractivity (Wildman–Crippen MR) is 171 cm³/mol. The molecule has 16 heteroatoms. The second-order valence-electron chi connectivity index (χ2n) is 10.5. The first kappa shape index (κ1) is 36.5. The maximum absolute atomic E-state index is 13.1. The number of benzene rings is 2. The molecular weight excluding hydrogens is 776 g/mol. The number of carbonyl (C=O) groups excluding carboxylic acids is 1. The molecule has 2 aromatic carbocycles. The van der Waals surface area contributed by atoms with Gasteiger partial charge in [-0.05, 0) is 36.9 Å². The molecule has 46 heavy (non-hydrogen) atoms. The van der Waals surface area contributed by atoms with E-state index in [0.29, 0.717) is 38.3 Å². The van der Waals surface area contributed by atoms with Crippen LogP contribution in [0.3, 0.4) is 0 Å². The molecule has 1 aliphatic heterocycles. The van der Waals surface area contributed by atoms with Crippen LogP contribution >= 0.6 is 11.3 Å². The first-order valence-electron chi connectivity index (χ1n) is 14.1. The zero-order valence-electron chi connectivity index (χ0n) is 25.9. The Kier molecular flexibility index (Phi) is 12.1. The number of rotatable bonds is 7. The molecule has 234 valence electrons. The molecule has 5 aromatic rings. The molecule has 0 atom stereocenters. The van der Waals surface area contributed by atoms with Crippen LogP contribution in [0.1, 0.15) is 28.6 Å². The third kappa shape index (κ3) is 7.68. The van der Waals surface area contributed by atoms with Crippen molar-refractivity contribution in [3.05, 3.63) is 70.6 Å². The number of urea groups is 1. The number of aromatic nitrogens is 5. The number of nitrogens with one attached hydrogen (secondary N) is 3. The molecule has 12 nitrogen and oxygen atoms in total. The number of fused-ring (bicyclic) bond motifs is 1. The summed E-state index contributed by atoms with van der Waals surface area (Å²) in [6.45, 7) is 10.2. The summed E-state index contributed by atoms with van der Waals surface area (Å²) in [6.07, 6.45) is 4.19. The first-order chi connectivity index (χ1) is 21.1. The zero-order valence-corrected chi connectivity index (χ0v) is 33.2. The Morgan fingerprint density at radius 2 is 1.67 bits per heavy atom. The fourth-order valence-electron chi connectivity index (χ4n) is 5.44. The number of nitrogens with zero attached hydrogens (tertiary/aromatic N) is 6. The van der Waals surface area contributed by atoms with Crippen molar-refractivity contribution < 1.29 is 78.6 Å². The molecule has 3 N–H and O–H groups in total. The number of H-pyrrole nitrogens is 1. The van der Waals surface area contributed by atoms with Gasteiger partial charge in [0.1, 0.15) is 22.8 Å². The van der Waals surface area contributed by atoms with Crippen LogP contribution in [0.2, 0.25) is 0 Å². The number of aryl methyl sites for hydroxylation is 4. The number of carbonyl (C=O) groups is 1. The minimum atomic E-state index is -3.83. The van der Waals surface area contributed by atoms with E-state index >= 15 is 0 Å². The SMILES string of the molecule is CCc1nnc(NS(=O)(=O)c2ccc(NC(=O)N3CCN(c4ncnc5[nH]cc(-c6c(C)[c-]c(C)[c-]c6C)c45)CC3)cc2)s1.[Y].[Y]. The van der Waals surface area contributed by atoms with E-state index in [1.54, 1.807) is 23.4 Å². The maximum Gasteiger partial charge on any atom is 0.321 e. The standard InChI is InChI=1S/C30H31N9O3S2.2Y/c1-5-24-35-36-29(43-24)37-44(41,42)22-8-6-21(7-9-22)34-30(40)39-12-10-38(11-13-39)28-26-23(16-31-27(26)32-17-33-28)25-19(3)14-18(2)15-20(25)4;;/h6-9,16-17H,5,10-13H2,1-4H3,(H,34,40)(H,36,37)(H,31,32,33);;/q-2;;. The number of sulfonamides is 1. The predicted octanol–water partition coefficient (Wildman–Crippen LogP) is 4.71. The summed E-state index contributed by atoms with van der Waals surface area (Å²) in [5.41, 5.74) is 6.37. The van der Waals surface area contributed by atoms with Crippen molar-refractivity contribution in [1.82, 2.24) is 30.0 Å². The molecule has 0 saturated carbocycles. The molecule has 0 aliphatic carbocycles. The van der Waals surface area contributed by atoms with Crippen molar-refractivity contribution in [2.45, 2.75) is 39.0 Å². The van der Waals surface area contributed by atoms with E-state index in [9.17, 15) is 13.2 Å². The summed E-state index contributed by atoms with van der Waals surface area (Å²) in [5, 5.41) is 12.6. The minimum Gasteiger partial charge on any atom is -0.352 e. The molecule has 2 radical (unpaired) electrons. The molecule has 0 bridgehead atoms. The number of amides is 2. The monoisotopic (exact) mass is 807 g/mol. The van der Waals surface area contributed by atoms with E-state index < -0.39 is 10.0 Å². The summed E-state index contributed by atoms with van der Waals surface area (Å²) >= 11 is 1.19. The van der Waals surface area contributed by atoms with Crippen molar-refractivity contribution in [1.29, 1.82) is 0 Å². The number of hydrogen-bond acceptors (Lipinski definition) is 9. The maximum atomic E-state index is 13.1. The number of anilines is 3. The van der Waals surface area contributed by atoms with Crippen molar-refractivity contribution in [2.75, 3.05) is 41.1 Å². The Labute approximate surface area is 322 Å². The van der Waals surface area contributed by atoms with E-state index in [2.05, 4.69) is 52.2 Å². The third-order valence-corrected chi connectivity index (χ3v) is 9.96. The fraction of sp³-hybridized carbons (Fsp3) is 0.300. The smallest absolute Gasteiger partial charge is 0.321 e. The van der Waals surface area contributed by atoms with Crippen molar-refractivity contribution in [3.63, 3.8) is 0 Å². The summed E-state index contributed by atoms with van der Waals surface area (Å²) in [6, 6.07) is 12.5. The third-order valence-electron chi connectivity index (χ3n) is 7.49. The average molecular weight is 808 g/mol. The van der Waals surface area contributed by atoms with Gasteiger partial charge in [0.25, 0.3) is 10.0 Å². The Bertz CT molecular complexity index is 1930. The van der Waals surface area contributed by atoms with Gasteiger partial charge in [-0.3, -0.25) is 21.4 Å². The summed E-state index contributed by atoms with van der Waals surface area (Å²) in [7, 11) is -3.83. The second kappa shape index (κ2) is 15.2. The molecular formula is C30H31N9O3S2Y2-2. The molecule has 6 rings (SSSR count). The topological polar surface area (TPSA) is 149 Å². The van der Waals surface area contributed by atoms with Crippen molar-refractivity contribution in [3.8, 4) is 11.1 Å². The Balaban J connectivity index is 0.00000240. The molecule has 0 spiro atoms. The summed E-state index contributed by atoms with van der Waals surface area (Å²) < 4.78 is 28.0. The molecule has 1 saturated heterocycles. The zero-order chi connectivity index (χ0) is 31.0. The van der Waals surface area contributed by atoms with Crippen molar-refractivity contribution >= 4 is 55.1 Å². The van der Waals surface area contributed by atoms with E-state index in [-0.39, 0.29) is 81.5 Å². The second-order valence-corrected chi connectivity index (χ2v) is 13.3. The van der Waals surface area contributed by atoms with Gasteiger partial charge in [0.2, 0.25) is 5.13 Å². The Morgan fingerprint density at radius 3 is 2.30 bits per heavy atom. The first-order valence-corrected chi connectivity index (χ1v) is 16.4. The fourth-order valence-corrected chi connectivity index (χ4v) is 7.35. The largest absolute Gasteiger partial charge is 0.352 e. The van der Waals surface area contributed by atoms with Crippen LogP contribution in [0, 0.1) is 32.9 Å². The van der Waals surface area contributed by atoms with Gasteiger partial charge >= 0.3 is 6.03 Å². The molecule has 1 fully saturated rings. The van der Waals surface area contributed by atoms with Crippen LogP contribution < -0.4 is 14.9 Å². The number of piperazine rings is 1. The summed E-state index contributed by atoms with van der Waals surface area (Å²) in [4.78, 5) is 29.5. The van der Waals surface area contributed by atoms with Gasteiger partial charge in [0.15, 0.2) is 0 Å². The normalized spacial score (nSPS) is 13.2. The Hall–Kier alpha value is -2.35. The molecule has 1 aliphatic rings. The van der Waals surface area contributed by atoms with Gasteiger partial charge < -0.3 is 32.2 Å². The van der Waals surface area contributed by atoms with Crippen LogP contribution in [-0.4, -0.2) is 70.7 Å². The molecule has 2 amide bonds. The molecule has 3 aromatic heterocycles. The number of hydrogen-bond donors (Lipinski definition) is 3. The minimum absolute atomic E-state index is 0. The molecule has 0 unspecified atom stereocenters. The summed E-state index contributed by atoms with van der Waals surface area (Å²) in [5.74, 6) is 0.815. The van der Waals surface area contributed by atoms with Crippen LogP contribution in [0.5, 0.6) is 0 Å². The van der Waals surface area contributed by atoms with E-state index in [1.165, 1.54) is 23.5 Å². The van der Waals surface area contributed by atoms with Gasteiger partial charge in [0, 0.05) is 103 Å². The van der Waals surface area contributed by atoms with E-state index in [1.807, 2.05) is 33.9 Å². The van der Waals surface area contributed by atoms with Crippen LogP contribution in [0.15, 0.2) is 41.7 Å². The van der Waals surface area contributed by atoms with Crippen LogP contribution in [-0.2, 0) is 81.9 Å². The molecule has 4 heterocycles. The van der Waals surface area contributed by atoms with Gasteiger partial charge in [0.05, 0.1) is 4.90 Å².